The van der Waals surface area contributed by atoms with E-state index in [2.05, 4.69) is 14.7 Å². The smallest absolute Gasteiger partial charge is 0.387 e. The first kappa shape index (κ1) is 19.6. The first-order chi connectivity index (χ1) is 14.3. The van der Waals surface area contributed by atoms with Gasteiger partial charge in [0.25, 0.3) is 0 Å². The molecular weight excluding hydrogens is 404 g/mol. The van der Waals surface area contributed by atoms with Crippen LogP contribution in [0.5, 0.6) is 17.2 Å². The number of ether oxygens (including phenoxy) is 3. The monoisotopic (exact) mass is 426 g/mol. The van der Waals surface area contributed by atoms with E-state index in [1.807, 2.05) is 20.8 Å². The highest BCUT2D eigenvalue weighted by Gasteiger charge is 2.19. The number of imidazole rings is 1. The minimum Gasteiger partial charge on any atom is -0.488 e. The number of rotatable bonds is 9. The zero-order valence-corrected chi connectivity index (χ0v) is 16.9. The molecule has 0 bridgehead atoms. The van der Waals surface area contributed by atoms with Gasteiger partial charge in [0, 0.05) is 18.3 Å². The quantitative estimate of drug-likeness (QED) is 0.556. The van der Waals surface area contributed by atoms with E-state index in [9.17, 15) is 13.0 Å². The highest BCUT2D eigenvalue weighted by atomic mass is 32.2. The van der Waals surface area contributed by atoms with Crippen LogP contribution >= 0.6 is 0 Å². The van der Waals surface area contributed by atoms with Crippen molar-refractivity contribution in [3.63, 3.8) is 0 Å². The topological polar surface area (TPSA) is 86.3 Å². The highest BCUT2D eigenvalue weighted by Crippen LogP contribution is 2.32. The molecular formula is C19H21F2N3O4S. The lowest BCUT2D eigenvalue weighted by molar-refractivity contribution is -0.0497. The van der Waals surface area contributed by atoms with Gasteiger partial charge in [-0.05, 0) is 32.9 Å². The van der Waals surface area contributed by atoms with Crippen molar-refractivity contribution in [2.24, 2.45) is 0 Å². The number of halogens is 2. The van der Waals surface area contributed by atoms with E-state index < -0.39 is 17.4 Å². The van der Waals surface area contributed by atoms with Gasteiger partial charge in [-0.1, -0.05) is 0 Å². The molecule has 1 N–H and O–H groups in total. The number of aromatic nitrogens is 3. The number of fused-ring (bicyclic) bond motifs is 1. The number of pyridine rings is 1. The second kappa shape index (κ2) is 9.17. The predicted molar refractivity (Wildman–Crippen MR) is 104 cm³/mol. The summed E-state index contributed by atoms with van der Waals surface area (Å²) in [6, 6.07) is 5.65. The molecule has 0 fully saturated rings. The molecule has 1 aromatic carbocycles. The Morgan fingerprint density at radius 2 is 2.07 bits per heavy atom. The Bertz CT molecular complexity index is 1060. The molecule has 0 aliphatic heterocycles. The predicted octanol–water partition coefficient (Wildman–Crippen LogP) is 4.05. The van der Waals surface area contributed by atoms with Gasteiger partial charge in [0.15, 0.2) is 18.1 Å². The van der Waals surface area contributed by atoms with Gasteiger partial charge in [0.2, 0.25) is 0 Å². The molecule has 0 radical (unpaired) electrons. The molecule has 10 heteroatoms. The molecule has 2 heterocycles. The Kier molecular flexibility index (Phi) is 6.18. The maximum absolute atomic E-state index is 13.0. The summed E-state index contributed by atoms with van der Waals surface area (Å²) in [7, 11) is -1.75. The molecule has 0 aliphatic rings. The molecule has 1 unspecified atom stereocenters. The van der Waals surface area contributed by atoms with Crippen LogP contribution in [0.1, 0.15) is 26.5 Å². The van der Waals surface area contributed by atoms with Gasteiger partial charge < -0.3 is 19.2 Å². The first-order valence-electron chi connectivity index (χ1n) is 9.37. The molecule has 29 heavy (non-hydrogen) atoms. The fourth-order valence-corrected chi connectivity index (χ4v) is 3.59. The van der Waals surface area contributed by atoms with E-state index in [1.165, 1.54) is 24.4 Å². The minimum absolute atomic E-state index is 0.0429. The van der Waals surface area contributed by atoms with E-state index in [1.54, 1.807) is 6.07 Å². The third kappa shape index (κ3) is 5.20. The number of nitrogens with zero attached hydrogens (tertiary/aromatic N) is 2. The van der Waals surface area contributed by atoms with Gasteiger partial charge in [-0.2, -0.15) is 8.78 Å². The average Bonchev–Trinajstić information content (AvgIpc) is 2.99. The van der Waals surface area contributed by atoms with Crippen molar-refractivity contribution >= 4 is 21.8 Å². The van der Waals surface area contributed by atoms with Crippen LogP contribution in [0.2, 0.25) is 1.41 Å². The first-order valence-corrected chi connectivity index (χ1v) is 10.2. The number of hydrogen-bond donors (Lipinski definition) is 1. The summed E-state index contributed by atoms with van der Waals surface area (Å²) in [6.07, 6.45) is 1.44. The lowest BCUT2D eigenvalue weighted by atomic mass is 10.3. The van der Waals surface area contributed by atoms with Crippen molar-refractivity contribution in [3.05, 3.63) is 36.2 Å². The van der Waals surface area contributed by atoms with Crippen molar-refractivity contribution in [2.75, 3.05) is 6.61 Å². The lowest BCUT2D eigenvalue weighted by Gasteiger charge is -2.16. The normalized spacial score (nSPS) is 13.0. The second-order valence-electron chi connectivity index (χ2n) is 6.21. The van der Waals surface area contributed by atoms with Crippen LogP contribution in [0.15, 0.2) is 35.6 Å². The molecule has 0 aliphatic carbocycles. The van der Waals surface area contributed by atoms with E-state index in [0.717, 1.165) is 4.98 Å². The van der Waals surface area contributed by atoms with Crippen LogP contribution < -0.4 is 14.2 Å². The molecule has 3 aromatic rings. The summed E-state index contributed by atoms with van der Waals surface area (Å²) in [4.78, 5) is 9.34. The summed E-state index contributed by atoms with van der Waals surface area (Å²) in [5.41, 5.74) is 0.943. The number of alkyl halides is 2. The van der Waals surface area contributed by atoms with E-state index in [0.29, 0.717) is 29.3 Å². The zero-order valence-electron chi connectivity index (χ0n) is 17.1. The van der Waals surface area contributed by atoms with E-state index >= 15 is 0 Å². The fourth-order valence-electron chi connectivity index (χ4n) is 2.60. The number of hydrogen-bond acceptors (Lipinski definition) is 6. The standard InChI is InChI=1S/C19H21F2N3O4S/c1-4-26-17-15(22-8-7-16(17)27-11(2)3)10-29(25)19-23-13-6-5-12(28-18(20)21)9-14(13)24-19/h5-9,11,18H,4,10H2,1-3H3,(H,23,24)/i/hD. The third-order valence-electron chi connectivity index (χ3n) is 3.67. The van der Waals surface area contributed by atoms with Gasteiger partial charge in [-0.15, -0.1) is 0 Å². The van der Waals surface area contributed by atoms with Crippen molar-refractivity contribution < 1.29 is 28.6 Å². The molecule has 0 saturated heterocycles. The van der Waals surface area contributed by atoms with Gasteiger partial charge in [-0.25, -0.2) is 4.98 Å². The molecule has 156 valence electrons. The average molecular weight is 426 g/mol. The number of nitrogens with one attached hydrogen (secondary N) is 1. The zero-order chi connectivity index (χ0) is 21.8. The largest absolute Gasteiger partial charge is 0.488 e. The van der Waals surface area contributed by atoms with Crippen molar-refractivity contribution in [2.45, 2.75) is 44.4 Å². The van der Waals surface area contributed by atoms with Crippen molar-refractivity contribution in [3.8, 4) is 17.2 Å². The number of H-pyrrole nitrogens is 1. The van der Waals surface area contributed by atoms with Crippen molar-refractivity contribution in [1.29, 1.82) is 0 Å². The van der Waals surface area contributed by atoms with Crippen LogP contribution in [0, 0.1) is 0 Å². The van der Waals surface area contributed by atoms with Gasteiger partial charge >= 0.3 is 6.61 Å². The Morgan fingerprint density at radius 3 is 2.76 bits per heavy atom. The van der Waals surface area contributed by atoms with E-state index in [-0.39, 0.29) is 28.3 Å². The number of aromatic amines is 1. The lowest BCUT2D eigenvalue weighted by Crippen LogP contribution is -2.10. The second-order valence-corrected chi connectivity index (χ2v) is 7.55. The van der Waals surface area contributed by atoms with Crippen LogP contribution in [0.25, 0.3) is 11.0 Å². The fraction of sp³-hybridized carbons (Fsp3) is 0.368. The van der Waals surface area contributed by atoms with Gasteiger partial charge in [0.05, 0.1) is 46.0 Å². The van der Waals surface area contributed by atoms with Gasteiger partial charge in [0.1, 0.15) is 5.75 Å². The van der Waals surface area contributed by atoms with Crippen molar-refractivity contribution in [1.82, 2.24) is 14.9 Å². The highest BCUT2D eigenvalue weighted by molar-refractivity contribution is 7.84. The minimum atomic E-state index is -2.97. The summed E-state index contributed by atoms with van der Waals surface area (Å²) in [5.74, 6) is 0.726. The van der Waals surface area contributed by atoms with Crippen LogP contribution in [-0.4, -0.2) is 38.5 Å². The Hall–Kier alpha value is -2.75. The summed E-state index contributed by atoms with van der Waals surface area (Å²) in [5, 5.41) is -0.0429. The van der Waals surface area contributed by atoms with E-state index in [4.69, 9.17) is 10.9 Å². The maximum Gasteiger partial charge on any atom is 0.387 e. The summed E-state index contributed by atoms with van der Waals surface area (Å²) >= 11 is 0. The van der Waals surface area contributed by atoms with Crippen LogP contribution in [0.3, 0.4) is 0 Å². The molecule has 0 amide bonds. The molecule has 0 saturated carbocycles. The SMILES string of the molecule is [2H]n1c(S(=O)Cc2nccc(OC(C)C)c2OCC)nc2cc(OC(F)F)ccc21. The molecule has 0 spiro atoms. The van der Waals surface area contributed by atoms with Gasteiger partial charge in [-0.3, -0.25) is 9.19 Å². The maximum atomic E-state index is 13.0. The molecule has 1 atom stereocenters. The Morgan fingerprint density at radius 1 is 1.28 bits per heavy atom. The molecule has 3 rings (SSSR count). The number of benzene rings is 1. The Labute approximate surface area is 170 Å². The molecule has 2 aromatic heterocycles. The summed E-state index contributed by atoms with van der Waals surface area (Å²) in [6.45, 7) is 2.96. The summed E-state index contributed by atoms with van der Waals surface area (Å²) < 4.78 is 61.8. The van der Waals surface area contributed by atoms with Crippen LogP contribution in [-0.2, 0) is 16.6 Å². The Balaban J connectivity index is 1.92. The van der Waals surface area contributed by atoms with Crippen LogP contribution in [0.4, 0.5) is 8.78 Å². The molecule has 7 nitrogen and oxygen atoms in total. The third-order valence-corrected chi connectivity index (χ3v) is 4.79.